The molecule has 1 fully saturated rings. The van der Waals surface area contributed by atoms with Gasteiger partial charge in [0.05, 0.1) is 0 Å². The van der Waals surface area contributed by atoms with Crippen LogP contribution in [0.1, 0.15) is 76.0 Å². The average molecular weight is 299 g/mol. The first-order chi connectivity index (χ1) is 10.3. The van der Waals surface area contributed by atoms with Crippen molar-refractivity contribution in [2.24, 2.45) is 17.1 Å². The fraction of sp³-hybridized carbons (Fsp3) is 0.650. The summed E-state index contributed by atoms with van der Waals surface area (Å²) in [5.74, 6) is 0.840. The van der Waals surface area contributed by atoms with Gasteiger partial charge in [0, 0.05) is 5.41 Å². The summed E-state index contributed by atoms with van der Waals surface area (Å²) in [5, 5.41) is 0. The van der Waals surface area contributed by atoms with E-state index in [0.717, 1.165) is 25.7 Å². The molecule has 1 aromatic rings. The highest BCUT2D eigenvalue weighted by molar-refractivity contribution is 5.81. The predicted molar refractivity (Wildman–Crippen MR) is 90.8 cm³/mol. The first-order valence-corrected chi connectivity index (χ1v) is 8.72. The van der Waals surface area contributed by atoms with Crippen LogP contribution >= 0.6 is 0 Å². The molecule has 1 saturated carbocycles. The molecular weight excluding hydrogens is 270 g/mol. The molecule has 3 rings (SSSR count). The zero-order valence-electron chi connectivity index (χ0n) is 14.4. The predicted octanol–water partition coefficient (Wildman–Crippen LogP) is 4.31. The maximum absolute atomic E-state index is 12.2. The fourth-order valence-corrected chi connectivity index (χ4v) is 5.17. The van der Waals surface area contributed by atoms with Gasteiger partial charge in [-0.15, -0.1) is 0 Å². The van der Waals surface area contributed by atoms with E-state index < -0.39 is 0 Å². The van der Waals surface area contributed by atoms with Crippen LogP contribution in [0.2, 0.25) is 0 Å². The van der Waals surface area contributed by atoms with Crippen molar-refractivity contribution in [3.05, 3.63) is 34.9 Å². The van der Waals surface area contributed by atoms with E-state index in [1.54, 1.807) is 0 Å². The van der Waals surface area contributed by atoms with E-state index in [2.05, 4.69) is 45.9 Å². The lowest BCUT2D eigenvalue weighted by Gasteiger charge is -2.54. The minimum Gasteiger partial charge on any atom is -0.369 e. The Kier molecular flexibility index (Phi) is 3.62. The van der Waals surface area contributed by atoms with Crippen molar-refractivity contribution in [1.82, 2.24) is 0 Å². The van der Waals surface area contributed by atoms with E-state index in [9.17, 15) is 4.79 Å². The van der Waals surface area contributed by atoms with Crippen molar-refractivity contribution in [1.29, 1.82) is 0 Å². The Bertz CT molecular complexity index is 606. The normalized spacial score (nSPS) is 34.1. The first-order valence-electron chi connectivity index (χ1n) is 8.72. The maximum Gasteiger partial charge on any atom is 0.223 e. The zero-order valence-corrected chi connectivity index (χ0v) is 14.4. The molecule has 0 bridgehead atoms. The second kappa shape index (κ2) is 5.11. The van der Waals surface area contributed by atoms with Crippen molar-refractivity contribution in [3.8, 4) is 0 Å². The molecule has 2 aliphatic rings. The molecule has 2 aliphatic carbocycles. The highest BCUT2D eigenvalue weighted by Crippen LogP contribution is 2.57. The Hall–Kier alpha value is -1.31. The molecule has 2 N–H and O–H groups in total. The summed E-state index contributed by atoms with van der Waals surface area (Å²) in [5.41, 5.74) is 9.97. The van der Waals surface area contributed by atoms with E-state index in [-0.39, 0.29) is 16.7 Å². The minimum absolute atomic E-state index is 0.102. The molecule has 3 atom stereocenters. The number of carbonyl (C=O) groups excluding carboxylic acids is 1. The fourth-order valence-electron chi connectivity index (χ4n) is 5.17. The van der Waals surface area contributed by atoms with Gasteiger partial charge in [0.15, 0.2) is 0 Å². The van der Waals surface area contributed by atoms with Crippen molar-refractivity contribution < 1.29 is 4.79 Å². The van der Waals surface area contributed by atoms with Crippen LogP contribution in [0.5, 0.6) is 0 Å². The molecule has 0 aromatic heterocycles. The van der Waals surface area contributed by atoms with Gasteiger partial charge in [0.1, 0.15) is 0 Å². The van der Waals surface area contributed by atoms with Gasteiger partial charge in [-0.3, -0.25) is 4.79 Å². The number of hydrogen-bond acceptors (Lipinski definition) is 1. The van der Waals surface area contributed by atoms with Gasteiger partial charge in [-0.05, 0) is 59.6 Å². The van der Waals surface area contributed by atoms with Crippen molar-refractivity contribution >= 4 is 5.91 Å². The Morgan fingerprint density at radius 1 is 1.27 bits per heavy atom. The average Bonchev–Trinajstić information content (AvgIpc) is 2.46. The Balaban J connectivity index is 2.08. The quantitative estimate of drug-likeness (QED) is 0.869. The molecule has 22 heavy (non-hydrogen) atoms. The number of fused-ring (bicyclic) bond motifs is 3. The third kappa shape index (κ3) is 2.11. The number of rotatable bonds is 2. The number of primary amides is 1. The molecule has 120 valence electrons. The van der Waals surface area contributed by atoms with Crippen LogP contribution in [0.3, 0.4) is 0 Å². The number of hydrogen-bond donors (Lipinski definition) is 1. The summed E-state index contributed by atoms with van der Waals surface area (Å²) >= 11 is 0. The SMILES string of the molecule is CC(C)c1ccc2c(c1)CC[C@H]1[C@@](C)(C(N)=O)CCC[C@]21C. The van der Waals surface area contributed by atoms with E-state index >= 15 is 0 Å². The number of nitrogens with two attached hydrogens (primary N) is 1. The van der Waals surface area contributed by atoms with E-state index in [4.69, 9.17) is 5.73 Å². The molecule has 0 spiro atoms. The van der Waals surface area contributed by atoms with Crippen molar-refractivity contribution in [2.45, 2.75) is 71.1 Å². The highest BCUT2D eigenvalue weighted by atomic mass is 16.1. The second-order valence-electron chi connectivity index (χ2n) is 8.22. The van der Waals surface area contributed by atoms with Crippen LogP contribution in [0.15, 0.2) is 18.2 Å². The summed E-state index contributed by atoms with van der Waals surface area (Å²) in [6, 6.07) is 7.02. The molecule has 0 unspecified atom stereocenters. The van der Waals surface area contributed by atoms with E-state index in [1.807, 2.05) is 0 Å². The van der Waals surface area contributed by atoms with Gasteiger partial charge in [0.2, 0.25) is 5.91 Å². The topological polar surface area (TPSA) is 43.1 Å². The van der Waals surface area contributed by atoms with Gasteiger partial charge in [0.25, 0.3) is 0 Å². The largest absolute Gasteiger partial charge is 0.369 e. The lowest BCUT2D eigenvalue weighted by atomic mass is 9.49. The van der Waals surface area contributed by atoms with Crippen LogP contribution in [0, 0.1) is 11.3 Å². The number of carbonyl (C=O) groups is 1. The van der Waals surface area contributed by atoms with Gasteiger partial charge in [-0.1, -0.05) is 52.3 Å². The van der Waals surface area contributed by atoms with Gasteiger partial charge in [-0.2, -0.15) is 0 Å². The molecular formula is C20H29NO. The maximum atomic E-state index is 12.2. The summed E-state index contributed by atoms with van der Waals surface area (Å²) in [7, 11) is 0. The lowest BCUT2D eigenvalue weighted by molar-refractivity contribution is -0.135. The van der Waals surface area contributed by atoms with Crippen molar-refractivity contribution in [2.75, 3.05) is 0 Å². The third-order valence-corrected chi connectivity index (χ3v) is 6.61. The van der Waals surface area contributed by atoms with Crippen LogP contribution < -0.4 is 5.73 Å². The standard InChI is InChI=1S/C20H29NO/c1-13(2)14-6-8-16-15(12-14)7-9-17-19(16,3)10-5-11-20(17,4)18(21)22/h6,8,12-13,17H,5,7,9-11H2,1-4H3,(H2,21,22)/t17-,19-,20+/m1/s1. The molecule has 0 heterocycles. The van der Waals surface area contributed by atoms with E-state index in [1.165, 1.54) is 23.1 Å². The highest BCUT2D eigenvalue weighted by Gasteiger charge is 2.54. The van der Waals surface area contributed by atoms with Gasteiger partial charge < -0.3 is 5.73 Å². The summed E-state index contributed by atoms with van der Waals surface area (Å²) in [6.07, 6.45) is 5.39. The van der Waals surface area contributed by atoms with E-state index in [0.29, 0.717) is 11.8 Å². The number of benzene rings is 1. The number of amides is 1. The van der Waals surface area contributed by atoms with Crippen LogP contribution in [0.4, 0.5) is 0 Å². The third-order valence-electron chi connectivity index (χ3n) is 6.61. The molecule has 0 radical (unpaired) electrons. The van der Waals surface area contributed by atoms with Crippen LogP contribution in [0.25, 0.3) is 0 Å². The van der Waals surface area contributed by atoms with Crippen molar-refractivity contribution in [3.63, 3.8) is 0 Å². The van der Waals surface area contributed by atoms with Gasteiger partial charge >= 0.3 is 0 Å². The van der Waals surface area contributed by atoms with Crippen LogP contribution in [-0.2, 0) is 16.6 Å². The number of aryl methyl sites for hydroxylation is 1. The van der Waals surface area contributed by atoms with Gasteiger partial charge in [-0.25, -0.2) is 0 Å². The Morgan fingerprint density at radius 3 is 2.64 bits per heavy atom. The molecule has 0 saturated heterocycles. The Labute approximate surface area is 134 Å². The summed E-state index contributed by atoms with van der Waals surface area (Å²) in [4.78, 5) is 12.2. The molecule has 2 heteroatoms. The lowest BCUT2D eigenvalue weighted by Crippen LogP contribution is -2.54. The smallest absolute Gasteiger partial charge is 0.223 e. The zero-order chi connectivity index (χ0) is 16.1. The summed E-state index contributed by atoms with van der Waals surface area (Å²) in [6.45, 7) is 8.97. The monoisotopic (exact) mass is 299 g/mol. The minimum atomic E-state index is -0.346. The van der Waals surface area contributed by atoms with Crippen LogP contribution in [-0.4, -0.2) is 5.91 Å². The molecule has 1 aromatic carbocycles. The summed E-state index contributed by atoms with van der Waals surface area (Å²) < 4.78 is 0. The molecule has 1 amide bonds. The molecule has 0 aliphatic heterocycles. The first kappa shape index (κ1) is 15.6. The second-order valence-corrected chi connectivity index (χ2v) is 8.22. The Morgan fingerprint density at radius 2 is 2.00 bits per heavy atom. The molecule has 2 nitrogen and oxygen atoms in total.